The van der Waals surface area contributed by atoms with Crippen LogP contribution < -0.4 is 19.3 Å². The number of halogens is 1. The van der Waals surface area contributed by atoms with Crippen molar-refractivity contribution in [1.82, 2.24) is 9.97 Å². The lowest BCUT2D eigenvalue weighted by Crippen LogP contribution is -2.47. The van der Waals surface area contributed by atoms with Crippen LogP contribution in [0.25, 0.3) is 0 Å². The Hall–Kier alpha value is -3.04. The van der Waals surface area contributed by atoms with Crippen LogP contribution in [0.4, 0.5) is 17.3 Å². The van der Waals surface area contributed by atoms with E-state index in [0.717, 1.165) is 26.2 Å². The number of nitrogens with one attached hydrogen (secondary N) is 1. The minimum absolute atomic E-state index is 0.0272. The molecule has 0 aliphatic carbocycles. The van der Waals surface area contributed by atoms with E-state index in [1.165, 1.54) is 43.4 Å². The first-order valence-corrected chi connectivity index (χ1v) is 11.6. The third-order valence-corrected chi connectivity index (χ3v) is 6.68. The van der Waals surface area contributed by atoms with Crippen LogP contribution in [0.1, 0.15) is 0 Å². The summed E-state index contributed by atoms with van der Waals surface area (Å²) in [5.41, 5.74) is 1.48. The Kier molecular flexibility index (Phi) is 6.15. The summed E-state index contributed by atoms with van der Waals surface area (Å²) in [5, 5.41) is 0.214. The maximum Gasteiger partial charge on any atom is 0.262 e. The smallest absolute Gasteiger partial charge is 0.262 e. The molecule has 10 heteroatoms. The Morgan fingerprint density at radius 1 is 0.968 bits per heavy atom. The quantitative estimate of drug-likeness (QED) is 0.605. The van der Waals surface area contributed by atoms with Gasteiger partial charge in [-0.2, -0.15) is 0 Å². The van der Waals surface area contributed by atoms with E-state index in [1.54, 1.807) is 0 Å². The van der Waals surface area contributed by atoms with Crippen molar-refractivity contribution in [2.24, 2.45) is 0 Å². The highest BCUT2D eigenvalue weighted by molar-refractivity contribution is 7.92. The first-order chi connectivity index (χ1) is 15.0. The van der Waals surface area contributed by atoms with E-state index in [-0.39, 0.29) is 15.6 Å². The molecule has 3 aromatic rings. The van der Waals surface area contributed by atoms with Crippen LogP contribution in [0, 0.1) is 0 Å². The van der Waals surface area contributed by atoms with Crippen molar-refractivity contribution in [3.63, 3.8) is 0 Å². The zero-order valence-corrected chi connectivity index (χ0v) is 18.5. The minimum Gasteiger partial charge on any atom is -0.495 e. The lowest BCUT2D eigenvalue weighted by atomic mass is 10.2. The molecule has 2 aromatic carbocycles. The van der Waals surface area contributed by atoms with E-state index in [9.17, 15) is 8.42 Å². The number of methoxy groups -OCH3 is 1. The molecule has 1 N–H and O–H groups in total. The first kappa shape index (κ1) is 21.2. The van der Waals surface area contributed by atoms with Gasteiger partial charge in [-0.3, -0.25) is 4.72 Å². The monoisotopic (exact) mass is 459 g/mol. The molecule has 162 valence electrons. The molecule has 0 amide bonds. The second-order valence-corrected chi connectivity index (χ2v) is 9.07. The van der Waals surface area contributed by atoms with E-state index in [1.807, 2.05) is 18.2 Å². The fraction of sp³-hybridized carbons (Fsp3) is 0.238. The zero-order chi connectivity index (χ0) is 21.8. The summed E-state index contributed by atoms with van der Waals surface area (Å²) < 4.78 is 32.8. The second kappa shape index (κ2) is 8.99. The van der Waals surface area contributed by atoms with E-state index < -0.39 is 10.0 Å². The molecular weight excluding hydrogens is 438 g/mol. The molecule has 0 saturated carbocycles. The lowest BCUT2D eigenvalue weighted by molar-refractivity contribution is 0.414. The molecule has 0 atom stereocenters. The van der Waals surface area contributed by atoms with Crippen molar-refractivity contribution in [1.29, 1.82) is 0 Å². The number of nitrogens with zero attached hydrogens (tertiary/aromatic N) is 4. The summed E-state index contributed by atoms with van der Waals surface area (Å²) in [6.07, 6.45) is 2.93. The van der Waals surface area contributed by atoms with Gasteiger partial charge in [0, 0.05) is 31.9 Å². The fourth-order valence-corrected chi connectivity index (χ4v) is 4.75. The van der Waals surface area contributed by atoms with Gasteiger partial charge in [0.15, 0.2) is 0 Å². The number of hydrogen-bond donors (Lipinski definition) is 1. The number of anilines is 3. The number of rotatable bonds is 6. The average molecular weight is 460 g/mol. The topological polar surface area (TPSA) is 87.7 Å². The number of piperazine rings is 1. The Balaban J connectivity index is 1.40. The predicted molar refractivity (Wildman–Crippen MR) is 122 cm³/mol. The number of sulfonamides is 1. The number of para-hydroxylation sites is 1. The Morgan fingerprint density at radius 2 is 1.61 bits per heavy atom. The van der Waals surface area contributed by atoms with Crippen LogP contribution in [-0.4, -0.2) is 51.7 Å². The summed E-state index contributed by atoms with van der Waals surface area (Å²) in [5.74, 6) is 0.976. The third kappa shape index (κ3) is 4.83. The minimum atomic E-state index is -3.83. The summed E-state index contributed by atoms with van der Waals surface area (Å²) >= 11 is 6.04. The molecule has 2 heterocycles. The predicted octanol–water partition coefficient (Wildman–Crippen LogP) is 3.27. The molecule has 1 aromatic heterocycles. The normalized spacial score (nSPS) is 14.4. The van der Waals surface area contributed by atoms with Crippen LogP contribution >= 0.6 is 11.6 Å². The second-order valence-electron chi connectivity index (χ2n) is 6.98. The Bertz CT molecular complexity index is 1140. The van der Waals surface area contributed by atoms with Gasteiger partial charge in [0.2, 0.25) is 5.95 Å². The third-order valence-electron chi connectivity index (χ3n) is 5.01. The van der Waals surface area contributed by atoms with E-state index in [0.29, 0.717) is 11.7 Å². The van der Waals surface area contributed by atoms with Crippen LogP contribution in [0.15, 0.2) is 65.8 Å². The van der Waals surface area contributed by atoms with Crippen molar-refractivity contribution in [2.75, 3.05) is 47.8 Å². The molecule has 0 radical (unpaired) electrons. The van der Waals surface area contributed by atoms with Crippen LogP contribution in [0.5, 0.6) is 5.75 Å². The van der Waals surface area contributed by atoms with E-state index in [4.69, 9.17) is 16.3 Å². The van der Waals surface area contributed by atoms with E-state index in [2.05, 4.69) is 36.6 Å². The van der Waals surface area contributed by atoms with E-state index >= 15 is 0 Å². The molecule has 0 spiro atoms. The number of hydrogen-bond acceptors (Lipinski definition) is 7. The number of benzene rings is 2. The summed E-state index contributed by atoms with van der Waals surface area (Å²) in [6.45, 7) is 3.29. The maximum atomic E-state index is 12.6. The SMILES string of the molecule is COc1ccc(S(=O)(=O)Nc2cnc(N3CCN(c4ccccc4)CC3)nc2)cc1Cl. The molecule has 1 fully saturated rings. The van der Waals surface area contributed by atoms with Gasteiger partial charge in [-0.05, 0) is 30.3 Å². The Morgan fingerprint density at radius 3 is 2.23 bits per heavy atom. The molecule has 1 saturated heterocycles. The van der Waals surface area contributed by atoms with Crippen LogP contribution in [-0.2, 0) is 10.0 Å². The van der Waals surface area contributed by atoms with Crippen molar-refractivity contribution in [3.05, 3.63) is 65.9 Å². The van der Waals surface area contributed by atoms with Crippen molar-refractivity contribution in [3.8, 4) is 5.75 Å². The van der Waals surface area contributed by atoms with Gasteiger partial charge < -0.3 is 14.5 Å². The average Bonchev–Trinajstić information content (AvgIpc) is 2.80. The van der Waals surface area contributed by atoms with Gasteiger partial charge in [0.05, 0.1) is 35.1 Å². The molecule has 8 nitrogen and oxygen atoms in total. The standard InChI is InChI=1S/C21H22ClN5O3S/c1-30-20-8-7-18(13-19(20)22)31(28,29)25-16-14-23-21(24-15-16)27-11-9-26(10-12-27)17-5-3-2-4-6-17/h2-8,13-15,25H,9-12H2,1H3. The van der Waals surface area contributed by atoms with Crippen LogP contribution in [0.2, 0.25) is 5.02 Å². The molecule has 1 aliphatic heterocycles. The molecule has 31 heavy (non-hydrogen) atoms. The summed E-state index contributed by atoms with van der Waals surface area (Å²) in [6, 6.07) is 14.5. The van der Waals surface area contributed by atoms with Gasteiger partial charge in [0.25, 0.3) is 10.0 Å². The molecule has 1 aliphatic rings. The first-order valence-electron chi connectivity index (χ1n) is 9.69. The summed E-state index contributed by atoms with van der Waals surface area (Å²) in [7, 11) is -2.36. The Labute approximate surface area is 186 Å². The number of aromatic nitrogens is 2. The highest BCUT2D eigenvalue weighted by Crippen LogP contribution is 2.28. The van der Waals surface area contributed by atoms with Gasteiger partial charge in [-0.1, -0.05) is 29.8 Å². The molecule has 0 unspecified atom stereocenters. The largest absolute Gasteiger partial charge is 0.495 e. The van der Waals surface area contributed by atoms with Crippen molar-refractivity contribution < 1.29 is 13.2 Å². The lowest BCUT2D eigenvalue weighted by Gasteiger charge is -2.36. The highest BCUT2D eigenvalue weighted by atomic mass is 35.5. The molecule has 0 bridgehead atoms. The summed E-state index contributed by atoms with van der Waals surface area (Å²) in [4.78, 5) is 13.1. The zero-order valence-electron chi connectivity index (χ0n) is 16.9. The van der Waals surface area contributed by atoms with Crippen molar-refractivity contribution in [2.45, 2.75) is 4.90 Å². The highest BCUT2D eigenvalue weighted by Gasteiger charge is 2.20. The van der Waals surface area contributed by atoms with Gasteiger partial charge in [-0.15, -0.1) is 0 Å². The molecule has 4 rings (SSSR count). The van der Waals surface area contributed by atoms with Gasteiger partial charge in [0.1, 0.15) is 5.75 Å². The van der Waals surface area contributed by atoms with Crippen molar-refractivity contribution >= 4 is 38.9 Å². The maximum absolute atomic E-state index is 12.6. The number of ether oxygens (including phenoxy) is 1. The van der Waals surface area contributed by atoms with Crippen LogP contribution in [0.3, 0.4) is 0 Å². The van der Waals surface area contributed by atoms with Gasteiger partial charge >= 0.3 is 0 Å². The fourth-order valence-electron chi connectivity index (χ4n) is 3.37. The molecular formula is C21H22ClN5O3S. The van der Waals surface area contributed by atoms with Gasteiger partial charge in [-0.25, -0.2) is 18.4 Å².